The van der Waals surface area contributed by atoms with E-state index in [9.17, 15) is 0 Å². The van der Waals surface area contributed by atoms with Gasteiger partial charge in [0.05, 0.1) is 0 Å². The van der Waals surface area contributed by atoms with Gasteiger partial charge in [-0.1, -0.05) is 52.2 Å². The van der Waals surface area contributed by atoms with Gasteiger partial charge in [-0.3, -0.25) is 0 Å². The molecule has 0 bridgehead atoms. The molecule has 16 heavy (non-hydrogen) atoms. The molecule has 0 saturated heterocycles. The Morgan fingerprint density at radius 1 is 1.25 bits per heavy atom. The molecular formula is C16H28. The Bertz CT molecular complexity index is 272. The van der Waals surface area contributed by atoms with Crippen LogP contribution < -0.4 is 0 Å². The Hall–Kier alpha value is -0.260. The zero-order chi connectivity index (χ0) is 11.8. The number of allylic oxidation sites excluding steroid dienone is 2. The monoisotopic (exact) mass is 220 g/mol. The summed E-state index contributed by atoms with van der Waals surface area (Å²) in [6, 6.07) is 0. The highest BCUT2D eigenvalue weighted by atomic mass is 14.5. The third-order valence-electron chi connectivity index (χ3n) is 5.68. The lowest BCUT2D eigenvalue weighted by atomic mass is 9.54. The van der Waals surface area contributed by atoms with Gasteiger partial charge in [-0.05, 0) is 48.9 Å². The van der Waals surface area contributed by atoms with Crippen molar-refractivity contribution in [2.75, 3.05) is 0 Å². The van der Waals surface area contributed by atoms with E-state index in [4.69, 9.17) is 0 Å². The van der Waals surface area contributed by atoms with Crippen LogP contribution in [0.3, 0.4) is 0 Å². The minimum Gasteiger partial charge on any atom is -0.0804 e. The maximum atomic E-state index is 2.53. The van der Waals surface area contributed by atoms with Crippen LogP contribution in [-0.2, 0) is 0 Å². The molecule has 0 amide bonds. The molecule has 0 N–H and O–H groups in total. The van der Waals surface area contributed by atoms with Crippen molar-refractivity contribution in [2.45, 2.75) is 66.2 Å². The predicted molar refractivity (Wildman–Crippen MR) is 71.4 cm³/mol. The summed E-state index contributed by atoms with van der Waals surface area (Å²) < 4.78 is 0. The molecule has 0 aromatic heterocycles. The van der Waals surface area contributed by atoms with Crippen molar-refractivity contribution < 1.29 is 0 Å². The van der Waals surface area contributed by atoms with E-state index < -0.39 is 0 Å². The fraction of sp³-hybridized carbons (Fsp3) is 0.875. The lowest BCUT2D eigenvalue weighted by Gasteiger charge is -2.51. The maximum absolute atomic E-state index is 2.53. The normalized spacial score (nSPS) is 31.9. The fourth-order valence-corrected chi connectivity index (χ4v) is 4.02. The third-order valence-corrected chi connectivity index (χ3v) is 5.68. The van der Waals surface area contributed by atoms with Crippen molar-refractivity contribution in [3.8, 4) is 0 Å². The maximum Gasteiger partial charge on any atom is -0.00848 e. The first-order valence-corrected chi connectivity index (χ1v) is 7.36. The predicted octanol–water partition coefficient (Wildman–Crippen LogP) is 5.20. The molecule has 3 unspecified atom stereocenters. The highest BCUT2D eigenvalue weighted by molar-refractivity contribution is 5.31. The summed E-state index contributed by atoms with van der Waals surface area (Å²) in [5, 5.41) is 0. The fourth-order valence-electron chi connectivity index (χ4n) is 4.02. The molecule has 0 heteroatoms. The van der Waals surface area contributed by atoms with Crippen LogP contribution in [0.5, 0.6) is 0 Å². The van der Waals surface area contributed by atoms with Crippen molar-refractivity contribution in [3.63, 3.8) is 0 Å². The third kappa shape index (κ3) is 1.85. The second kappa shape index (κ2) is 4.55. The summed E-state index contributed by atoms with van der Waals surface area (Å²) in [5.74, 6) is 3.02. The van der Waals surface area contributed by atoms with Crippen LogP contribution in [0.1, 0.15) is 66.2 Å². The zero-order valence-corrected chi connectivity index (χ0v) is 11.6. The Balaban J connectivity index is 2.06. The van der Waals surface area contributed by atoms with Gasteiger partial charge in [0, 0.05) is 0 Å². The molecule has 1 saturated carbocycles. The summed E-state index contributed by atoms with van der Waals surface area (Å²) in [6.45, 7) is 9.68. The van der Waals surface area contributed by atoms with Crippen LogP contribution >= 0.6 is 0 Å². The van der Waals surface area contributed by atoms with Gasteiger partial charge in [0.25, 0.3) is 0 Å². The van der Waals surface area contributed by atoms with Crippen LogP contribution in [0.4, 0.5) is 0 Å². The first kappa shape index (κ1) is 12.2. The molecule has 0 radical (unpaired) electrons. The Kier molecular flexibility index (Phi) is 3.47. The van der Waals surface area contributed by atoms with E-state index in [0.717, 1.165) is 17.8 Å². The highest BCUT2D eigenvalue weighted by Gasteiger charge is 2.48. The van der Waals surface area contributed by atoms with Crippen molar-refractivity contribution in [1.82, 2.24) is 0 Å². The van der Waals surface area contributed by atoms with Crippen molar-refractivity contribution in [1.29, 1.82) is 0 Å². The Labute approximate surface area is 102 Å². The molecule has 0 aromatic rings. The van der Waals surface area contributed by atoms with Gasteiger partial charge in [-0.25, -0.2) is 0 Å². The van der Waals surface area contributed by atoms with E-state index in [1.54, 1.807) is 5.57 Å². The van der Waals surface area contributed by atoms with Crippen molar-refractivity contribution in [2.24, 2.45) is 23.2 Å². The molecule has 2 rings (SSSR count). The molecule has 0 spiro atoms. The summed E-state index contributed by atoms with van der Waals surface area (Å²) in [5.41, 5.74) is 2.33. The molecule has 2 aliphatic carbocycles. The molecule has 0 nitrogen and oxygen atoms in total. The molecule has 0 heterocycles. The van der Waals surface area contributed by atoms with Crippen LogP contribution in [0.2, 0.25) is 0 Å². The first-order chi connectivity index (χ1) is 7.67. The molecular weight excluding hydrogens is 192 g/mol. The van der Waals surface area contributed by atoms with Gasteiger partial charge < -0.3 is 0 Å². The average Bonchev–Trinajstić information content (AvgIpc) is 3.07. The van der Waals surface area contributed by atoms with Gasteiger partial charge in [-0.2, -0.15) is 0 Å². The number of hydrogen-bond donors (Lipinski definition) is 0. The number of hydrogen-bond acceptors (Lipinski definition) is 0. The van der Waals surface area contributed by atoms with E-state index in [1.165, 1.54) is 38.5 Å². The average molecular weight is 220 g/mol. The molecule has 3 atom stereocenters. The largest absolute Gasteiger partial charge is 0.0804 e. The summed E-state index contributed by atoms with van der Waals surface area (Å²) in [7, 11) is 0. The highest BCUT2D eigenvalue weighted by Crippen LogP contribution is 2.58. The SMILES string of the molecule is CCC(CC)C1CCC1C(C)(CC)C1=CC1. The van der Waals surface area contributed by atoms with Gasteiger partial charge >= 0.3 is 0 Å². The quantitative estimate of drug-likeness (QED) is 0.540. The van der Waals surface area contributed by atoms with Gasteiger partial charge in [0.1, 0.15) is 0 Å². The second-order valence-corrected chi connectivity index (χ2v) is 6.13. The van der Waals surface area contributed by atoms with Crippen molar-refractivity contribution >= 4 is 0 Å². The summed E-state index contributed by atoms with van der Waals surface area (Å²) in [4.78, 5) is 0. The first-order valence-electron chi connectivity index (χ1n) is 7.36. The zero-order valence-electron chi connectivity index (χ0n) is 11.6. The smallest absolute Gasteiger partial charge is 0.00848 e. The lowest BCUT2D eigenvalue weighted by Crippen LogP contribution is -2.42. The van der Waals surface area contributed by atoms with Gasteiger partial charge in [0.15, 0.2) is 0 Å². The summed E-state index contributed by atoms with van der Waals surface area (Å²) >= 11 is 0. The van der Waals surface area contributed by atoms with Gasteiger partial charge in [0.2, 0.25) is 0 Å². The van der Waals surface area contributed by atoms with Crippen LogP contribution in [0, 0.1) is 23.2 Å². The molecule has 0 aliphatic heterocycles. The Morgan fingerprint density at radius 2 is 1.88 bits per heavy atom. The standard InChI is InChI=1S/C16H28/c1-5-12(6-2)14-10-11-15(14)16(4,7-3)13-8-9-13/h8,12,14-15H,5-7,9-11H2,1-4H3. The van der Waals surface area contributed by atoms with Crippen LogP contribution in [0.25, 0.3) is 0 Å². The lowest BCUT2D eigenvalue weighted by molar-refractivity contribution is 0.0114. The topological polar surface area (TPSA) is 0 Å². The number of rotatable bonds is 6. The van der Waals surface area contributed by atoms with Crippen LogP contribution in [-0.4, -0.2) is 0 Å². The van der Waals surface area contributed by atoms with E-state index in [1.807, 2.05) is 0 Å². The van der Waals surface area contributed by atoms with E-state index in [2.05, 4.69) is 33.8 Å². The molecule has 0 aromatic carbocycles. The van der Waals surface area contributed by atoms with E-state index in [0.29, 0.717) is 5.41 Å². The van der Waals surface area contributed by atoms with Crippen molar-refractivity contribution in [3.05, 3.63) is 11.6 Å². The second-order valence-electron chi connectivity index (χ2n) is 6.13. The summed E-state index contributed by atoms with van der Waals surface area (Å²) in [6.07, 6.45) is 10.9. The minimum absolute atomic E-state index is 0.561. The molecule has 92 valence electrons. The molecule has 1 fully saturated rings. The van der Waals surface area contributed by atoms with E-state index >= 15 is 0 Å². The Morgan fingerprint density at radius 3 is 2.19 bits per heavy atom. The van der Waals surface area contributed by atoms with E-state index in [-0.39, 0.29) is 0 Å². The van der Waals surface area contributed by atoms with Gasteiger partial charge in [-0.15, -0.1) is 0 Å². The van der Waals surface area contributed by atoms with Crippen LogP contribution in [0.15, 0.2) is 11.6 Å². The minimum atomic E-state index is 0.561. The molecule has 2 aliphatic rings.